The summed E-state index contributed by atoms with van der Waals surface area (Å²) in [4.78, 5) is 23.9. The quantitative estimate of drug-likeness (QED) is 0.683. The van der Waals surface area contributed by atoms with Crippen molar-refractivity contribution in [3.8, 4) is 0 Å². The Hall–Kier alpha value is -0.970. The summed E-state index contributed by atoms with van der Waals surface area (Å²) < 4.78 is 10.1. The van der Waals surface area contributed by atoms with Gasteiger partial charge >= 0.3 is 11.5 Å². The third-order valence-electron chi connectivity index (χ3n) is 2.29. The van der Waals surface area contributed by atoms with E-state index in [0.29, 0.717) is 13.1 Å². The van der Waals surface area contributed by atoms with Crippen LogP contribution in [0.5, 0.6) is 0 Å². The summed E-state index contributed by atoms with van der Waals surface area (Å²) in [6, 6.07) is 0. The maximum absolute atomic E-state index is 11.8. The van der Waals surface area contributed by atoms with Gasteiger partial charge in [-0.2, -0.15) is 0 Å². The molecule has 0 unspecified atom stereocenters. The number of carbonyl (C=O) groups is 2. The zero-order valence-electron chi connectivity index (χ0n) is 10.4. The Bertz CT molecular complexity index is 300. The normalized spacial score (nSPS) is 20.9. The summed E-state index contributed by atoms with van der Waals surface area (Å²) in [5.41, 5.74) is -1.35. The molecule has 0 aromatic rings. The lowest BCUT2D eigenvalue weighted by atomic mass is 10.1. The van der Waals surface area contributed by atoms with Crippen LogP contribution in [0.3, 0.4) is 0 Å². The van der Waals surface area contributed by atoms with Gasteiger partial charge < -0.3 is 14.4 Å². The minimum atomic E-state index is -0.832. The molecule has 17 heavy (non-hydrogen) atoms. The van der Waals surface area contributed by atoms with Crippen LogP contribution >= 0.6 is 11.6 Å². The van der Waals surface area contributed by atoms with Crippen molar-refractivity contribution in [2.75, 3.05) is 13.1 Å². The smallest absolute Gasteiger partial charge is 0.410 e. The molecule has 1 amide bonds. The second-order valence-electron chi connectivity index (χ2n) is 5.05. The van der Waals surface area contributed by atoms with E-state index in [2.05, 4.69) is 0 Å². The monoisotopic (exact) mass is 263 g/mol. The minimum Gasteiger partial charge on any atom is -0.448 e. The Balaban J connectivity index is 2.49. The van der Waals surface area contributed by atoms with Gasteiger partial charge in [0.2, 0.25) is 0 Å². The van der Waals surface area contributed by atoms with Crippen LogP contribution in [0.1, 0.15) is 33.6 Å². The van der Waals surface area contributed by atoms with Gasteiger partial charge in [0.1, 0.15) is 11.7 Å². The molecule has 1 aliphatic rings. The number of likely N-dealkylation sites (tertiary alicyclic amines) is 1. The summed E-state index contributed by atoms with van der Waals surface area (Å²) in [5.74, 6) is 0. The lowest BCUT2D eigenvalue weighted by Gasteiger charge is -2.33. The van der Waals surface area contributed by atoms with Gasteiger partial charge in [0.05, 0.1) is 6.54 Å². The molecule has 6 heteroatoms. The molecular weight excluding hydrogens is 246 g/mol. The molecule has 98 valence electrons. The topological polar surface area (TPSA) is 55.8 Å². The number of carbonyl (C=O) groups excluding carboxylic acids is 2. The number of rotatable bonds is 1. The first kappa shape index (κ1) is 14.1. The first-order valence-corrected chi connectivity index (χ1v) is 6.00. The van der Waals surface area contributed by atoms with Crippen molar-refractivity contribution >= 4 is 23.1 Å². The van der Waals surface area contributed by atoms with Crippen molar-refractivity contribution in [1.82, 2.24) is 4.90 Å². The highest BCUT2D eigenvalue weighted by atomic mass is 35.5. The Kier molecular flexibility index (Phi) is 4.62. The van der Waals surface area contributed by atoms with Crippen molar-refractivity contribution in [3.63, 3.8) is 0 Å². The Morgan fingerprint density at radius 1 is 1.35 bits per heavy atom. The molecule has 1 heterocycles. The van der Waals surface area contributed by atoms with Gasteiger partial charge in [-0.1, -0.05) is 0 Å². The molecule has 0 saturated carbocycles. The van der Waals surface area contributed by atoms with Crippen molar-refractivity contribution in [2.24, 2.45) is 0 Å². The van der Waals surface area contributed by atoms with Crippen LogP contribution in [-0.2, 0) is 9.47 Å². The van der Waals surface area contributed by atoms with Gasteiger partial charge in [0.25, 0.3) is 0 Å². The third kappa shape index (κ3) is 5.26. The standard InChI is InChI=1S/C11H18ClNO4/c1-11(2,3)17-10(15)13-6-4-5-8(7-13)16-9(12)14/h8H,4-7H2,1-3H3/t8-/m0/s1. The van der Waals surface area contributed by atoms with E-state index in [-0.39, 0.29) is 12.2 Å². The average Bonchev–Trinajstić information content (AvgIpc) is 2.14. The first-order valence-electron chi connectivity index (χ1n) is 5.62. The number of halogens is 1. The highest BCUT2D eigenvalue weighted by molar-refractivity contribution is 6.61. The van der Waals surface area contributed by atoms with Gasteiger partial charge in [0.15, 0.2) is 0 Å². The Morgan fingerprint density at radius 3 is 2.53 bits per heavy atom. The maximum atomic E-state index is 11.8. The molecule has 5 nitrogen and oxygen atoms in total. The van der Waals surface area contributed by atoms with Gasteiger partial charge in [0, 0.05) is 18.1 Å². The fraction of sp³-hybridized carbons (Fsp3) is 0.818. The Morgan fingerprint density at radius 2 is 2.00 bits per heavy atom. The zero-order chi connectivity index (χ0) is 13.1. The number of amides is 1. The molecule has 0 bridgehead atoms. The second-order valence-corrected chi connectivity index (χ2v) is 5.35. The van der Waals surface area contributed by atoms with Gasteiger partial charge in [-0.25, -0.2) is 9.59 Å². The number of ether oxygens (including phenoxy) is 2. The largest absolute Gasteiger partial charge is 0.448 e. The van der Waals surface area contributed by atoms with E-state index in [1.807, 2.05) is 20.8 Å². The highest BCUT2D eigenvalue weighted by Crippen LogP contribution is 2.17. The molecule has 0 radical (unpaired) electrons. The van der Waals surface area contributed by atoms with Crippen LogP contribution in [0.4, 0.5) is 9.59 Å². The van der Waals surface area contributed by atoms with Crippen LogP contribution in [0.2, 0.25) is 0 Å². The van der Waals surface area contributed by atoms with Crippen LogP contribution in [0, 0.1) is 0 Å². The fourth-order valence-electron chi connectivity index (χ4n) is 1.66. The summed E-state index contributed by atoms with van der Waals surface area (Å²) in [7, 11) is 0. The van der Waals surface area contributed by atoms with E-state index < -0.39 is 11.0 Å². The molecule has 0 aromatic carbocycles. The highest BCUT2D eigenvalue weighted by Gasteiger charge is 2.29. The van der Waals surface area contributed by atoms with E-state index in [4.69, 9.17) is 21.1 Å². The SMILES string of the molecule is CC(C)(C)OC(=O)N1CCC[C@H](OC(=O)Cl)C1. The molecule has 0 spiro atoms. The van der Waals surface area contributed by atoms with E-state index >= 15 is 0 Å². The molecular formula is C11H18ClNO4. The van der Waals surface area contributed by atoms with Crippen LogP contribution < -0.4 is 0 Å². The number of piperidine rings is 1. The van der Waals surface area contributed by atoms with E-state index in [0.717, 1.165) is 12.8 Å². The number of hydrogen-bond acceptors (Lipinski definition) is 4. The lowest BCUT2D eigenvalue weighted by molar-refractivity contribution is 0.00225. The van der Waals surface area contributed by atoms with Crippen LogP contribution in [0.25, 0.3) is 0 Å². The number of nitrogens with zero attached hydrogens (tertiary/aromatic N) is 1. The van der Waals surface area contributed by atoms with Crippen molar-refractivity contribution in [3.05, 3.63) is 0 Å². The molecule has 0 aliphatic carbocycles. The molecule has 1 rings (SSSR count). The fourth-order valence-corrected chi connectivity index (χ4v) is 1.78. The third-order valence-corrected chi connectivity index (χ3v) is 2.38. The van der Waals surface area contributed by atoms with Crippen molar-refractivity contribution in [2.45, 2.75) is 45.3 Å². The molecule has 1 saturated heterocycles. The number of hydrogen-bond donors (Lipinski definition) is 0. The minimum absolute atomic E-state index is 0.332. The van der Waals surface area contributed by atoms with Crippen LogP contribution in [0.15, 0.2) is 0 Å². The first-order chi connectivity index (χ1) is 7.78. The summed E-state index contributed by atoms with van der Waals surface area (Å²) in [6.07, 6.45) is 0.778. The van der Waals surface area contributed by atoms with Crippen molar-refractivity contribution in [1.29, 1.82) is 0 Å². The predicted molar refractivity (Wildman–Crippen MR) is 63.2 cm³/mol. The molecule has 1 aliphatic heterocycles. The van der Waals surface area contributed by atoms with E-state index in [1.165, 1.54) is 0 Å². The molecule has 1 fully saturated rings. The maximum Gasteiger partial charge on any atom is 0.410 e. The molecule has 1 atom stereocenters. The summed E-state index contributed by atoms with van der Waals surface area (Å²) in [5, 5.41) is 0. The molecule has 0 aromatic heterocycles. The summed E-state index contributed by atoms with van der Waals surface area (Å²) >= 11 is 5.15. The van der Waals surface area contributed by atoms with Gasteiger partial charge in [-0.3, -0.25) is 0 Å². The average molecular weight is 264 g/mol. The predicted octanol–water partition coefficient (Wildman–Crippen LogP) is 2.76. The zero-order valence-corrected chi connectivity index (χ0v) is 11.1. The van der Waals surface area contributed by atoms with Crippen LogP contribution in [-0.4, -0.2) is 41.2 Å². The second kappa shape index (κ2) is 5.58. The summed E-state index contributed by atoms with van der Waals surface area (Å²) in [6.45, 7) is 6.39. The lowest BCUT2D eigenvalue weighted by Crippen LogP contribution is -2.45. The Labute approximate surface area is 106 Å². The van der Waals surface area contributed by atoms with Gasteiger partial charge in [-0.05, 0) is 33.6 Å². The van der Waals surface area contributed by atoms with E-state index in [9.17, 15) is 9.59 Å². The molecule has 0 N–H and O–H groups in total. The van der Waals surface area contributed by atoms with Gasteiger partial charge in [-0.15, -0.1) is 0 Å². The van der Waals surface area contributed by atoms with Crippen molar-refractivity contribution < 1.29 is 19.1 Å². The van der Waals surface area contributed by atoms with E-state index in [1.54, 1.807) is 4.90 Å².